The summed E-state index contributed by atoms with van der Waals surface area (Å²) in [6, 6.07) is 17.9. The molecule has 0 radical (unpaired) electrons. The van der Waals surface area contributed by atoms with Crippen molar-refractivity contribution in [3.63, 3.8) is 0 Å². The second-order valence-electron chi connectivity index (χ2n) is 7.44. The van der Waals surface area contributed by atoms with Crippen LogP contribution in [0.1, 0.15) is 36.4 Å². The minimum Gasteiger partial charge on any atom is -0.393 e. The lowest BCUT2D eigenvalue weighted by Crippen LogP contribution is -2.39. The Morgan fingerprint density at radius 1 is 0.920 bits per heavy atom. The number of piperidine rings is 1. The Hall–Kier alpha value is -2.10. The first-order chi connectivity index (χ1) is 12.3. The predicted molar refractivity (Wildman–Crippen MR) is 102 cm³/mol. The van der Waals surface area contributed by atoms with Crippen molar-refractivity contribution in [2.75, 3.05) is 13.1 Å². The van der Waals surface area contributed by atoms with Gasteiger partial charge in [0.2, 0.25) is 0 Å². The fourth-order valence-corrected chi connectivity index (χ4v) is 4.74. The van der Waals surface area contributed by atoms with E-state index in [1.807, 2.05) is 0 Å². The minimum atomic E-state index is -0.108. The van der Waals surface area contributed by atoms with E-state index in [-0.39, 0.29) is 6.10 Å². The van der Waals surface area contributed by atoms with Gasteiger partial charge in [-0.3, -0.25) is 4.90 Å². The molecule has 1 saturated heterocycles. The van der Waals surface area contributed by atoms with Gasteiger partial charge in [0.1, 0.15) is 0 Å². The second-order valence-corrected chi connectivity index (χ2v) is 7.44. The summed E-state index contributed by atoms with van der Waals surface area (Å²) in [5, 5.41) is 11.3. The minimum absolute atomic E-state index is 0.108. The van der Waals surface area contributed by atoms with Crippen molar-refractivity contribution >= 4 is 10.9 Å². The van der Waals surface area contributed by atoms with Gasteiger partial charge in [0.25, 0.3) is 0 Å². The molecule has 3 heteroatoms. The third-order valence-electron chi connectivity index (χ3n) is 5.99. The first kappa shape index (κ1) is 15.2. The molecular weight excluding hydrogens is 308 g/mol. The van der Waals surface area contributed by atoms with Crippen LogP contribution < -0.4 is 0 Å². The molecule has 0 saturated carbocycles. The molecule has 2 N–H and O–H groups in total. The third kappa shape index (κ3) is 2.50. The summed E-state index contributed by atoms with van der Waals surface area (Å²) in [6.45, 7) is 2.01. The Balaban J connectivity index is 1.60. The monoisotopic (exact) mass is 332 g/mol. The lowest BCUT2D eigenvalue weighted by molar-refractivity contribution is 0.0579. The van der Waals surface area contributed by atoms with Crippen molar-refractivity contribution in [3.8, 4) is 11.3 Å². The molecule has 5 rings (SSSR count). The molecular formula is C22H24N2O. The van der Waals surface area contributed by atoms with Gasteiger partial charge in [0, 0.05) is 35.7 Å². The quantitative estimate of drug-likeness (QED) is 0.735. The summed E-state index contributed by atoms with van der Waals surface area (Å²) in [5.74, 6) is 0. The highest BCUT2D eigenvalue weighted by atomic mass is 16.3. The van der Waals surface area contributed by atoms with Gasteiger partial charge in [0.05, 0.1) is 6.10 Å². The standard InChI is InChI=1S/C22H24N2O/c25-16-11-13-24(14-12-16)20-10-9-18-21-17(20)7-4-8-19(21)23-22(18)15-5-2-1-3-6-15/h1-8,16,20,23,25H,9-14H2. The molecule has 1 fully saturated rings. The van der Waals surface area contributed by atoms with E-state index in [1.54, 1.807) is 0 Å². The maximum absolute atomic E-state index is 9.83. The van der Waals surface area contributed by atoms with Gasteiger partial charge in [0.15, 0.2) is 0 Å². The average molecular weight is 332 g/mol. The van der Waals surface area contributed by atoms with Crippen LogP contribution in [0.2, 0.25) is 0 Å². The topological polar surface area (TPSA) is 39.3 Å². The number of hydrogen-bond donors (Lipinski definition) is 2. The molecule has 0 spiro atoms. The number of benzene rings is 2. The molecule has 2 heterocycles. The number of rotatable bonds is 2. The second kappa shape index (κ2) is 6.01. The van der Waals surface area contributed by atoms with Crippen molar-refractivity contribution < 1.29 is 5.11 Å². The zero-order chi connectivity index (χ0) is 16.8. The van der Waals surface area contributed by atoms with Gasteiger partial charge in [-0.25, -0.2) is 0 Å². The van der Waals surface area contributed by atoms with Gasteiger partial charge in [-0.1, -0.05) is 42.5 Å². The first-order valence-electron chi connectivity index (χ1n) is 9.42. The molecule has 3 aromatic rings. The predicted octanol–water partition coefficient (Wildman–Crippen LogP) is 4.28. The van der Waals surface area contributed by atoms with E-state index in [0.29, 0.717) is 6.04 Å². The molecule has 3 nitrogen and oxygen atoms in total. The van der Waals surface area contributed by atoms with Crippen LogP contribution in [0.3, 0.4) is 0 Å². The van der Waals surface area contributed by atoms with Crippen molar-refractivity contribution in [1.29, 1.82) is 0 Å². The maximum atomic E-state index is 9.83. The van der Waals surface area contributed by atoms with Gasteiger partial charge in [-0.05, 0) is 48.4 Å². The number of aromatic nitrogens is 1. The zero-order valence-corrected chi connectivity index (χ0v) is 14.4. The van der Waals surface area contributed by atoms with Crippen LogP contribution in [0.4, 0.5) is 0 Å². The molecule has 25 heavy (non-hydrogen) atoms. The Labute approximate surface area is 148 Å². The van der Waals surface area contributed by atoms with E-state index in [4.69, 9.17) is 0 Å². The van der Waals surface area contributed by atoms with E-state index in [1.165, 1.54) is 39.7 Å². The molecule has 128 valence electrons. The summed E-state index contributed by atoms with van der Waals surface area (Å²) < 4.78 is 0. The molecule has 1 aromatic heterocycles. The third-order valence-corrected chi connectivity index (χ3v) is 5.99. The van der Waals surface area contributed by atoms with Crippen LogP contribution in [0.25, 0.3) is 22.2 Å². The van der Waals surface area contributed by atoms with Crippen LogP contribution in [0, 0.1) is 0 Å². The highest BCUT2D eigenvalue weighted by molar-refractivity contribution is 5.94. The number of aliphatic hydroxyl groups excluding tert-OH is 1. The molecule has 1 aliphatic carbocycles. The van der Waals surface area contributed by atoms with Crippen molar-refractivity contribution in [2.45, 2.75) is 37.8 Å². The SMILES string of the molecule is OC1CCN(C2CCc3c(-c4ccccc4)[nH]c4cccc2c34)CC1. The Morgan fingerprint density at radius 3 is 2.52 bits per heavy atom. The van der Waals surface area contributed by atoms with E-state index >= 15 is 0 Å². The van der Waals surface area contributed by atoms with Gasteiger partial charge >= 0.3 is 0 Å². The zero-order valence-electron chi connectivity index (χ0n) is 14.4. The summed E-state index contributed by atoms with van der Waals surface area (Å²) in [7, 11) is 0. The summed E-state index contributed by atoms with van der Waals surface area (Å²) >= 11 is 0. The van der Waals surface area contributed by atoms with Crippen LogP contribution >= 0.6 is 0 Å². The van der Waals surface area contributed by atoms with E-state index < -0.39 is 0 Å². The van der Waals surface area contributed by atoms with Gasteiger partial charge in [-0.2, -0.15) is 0 Å². The fraction of sp³-hybridized carbons (Fsp3) is 0.364. The number of hydrogen-bond acceptors (Lipinski definition) is 2. The largest absolute Gasteiger partial charge is 0.393 e. The molecule has 1 atom stereocenters. The summed E-state index contributed by atoms with van der Waals surface area (Å²) in [5.41, 5.74) is 6.77. The van der Waals surface area contributed by atoms with E-state index in [2.05, 4.69) is 58.4 Å². The van der Waals surface area contributed by atoms with Crippen molar-refractivity contribution in [3.05, 3.63) is 59.7 Å². The average Bonchev–Trinajstić information content (AvgIpc) is 3.04. The smallest absolute Gasteiger partial charge is 0.0564 e. The normalized spacial score (nSPS) is 21.7. The maximum Gasteiger partial charge on any atom is 0.0564 e. The van der Waals surface area contributed by atoms with Gasteiger partial charge in [-0.15, -0.1) is 0 Å². The van der Waals surface area contributed by atoms with Crippen molar-refractivity contribution in [1.82, 2.24) is 9.88 Å². The van der Waals surface area contributed by atoms with Gasteiger partial charge < -0.3 is 10.1 Å². The lowest BCUT2D eigenvalue weighted by atomic mass is 9.85. The number of aliphatic hydroxyl groups is 1. The summed E-state index contributed by atoms with van der Waals surface area (Å²) in [6.07, 6.45) is 3.98. The van der Waals surface area contributed by atoms with Crippen LogP contribution in [-0.2, 0) is 6.42 Å². The summed E-state index contributed by atoms with van der Waals surface area (Å²) in [4.78, 5) is 6.27. The molecule has 2 aromatic carbocycles. The van der Waals surface area contributed by atoms with Crippen molar-refractivity contribution in [2.24, 2.45) is 0 Å². The fourth-order valence-electron chi connectivity index (χ4n) is 4.74. The lowest BCUT2D eigenvalue weighted by Gasteiger charge is -2.38. The number of likely N-dealkylation sites (tertiary alicyclic amines) is 1. The molecule has 1 aliphatic heterocycles. The Bertz CT molecular complexity index is 891. The highest BCUT2D eigenvalue weighted by Gasteiger charge is 2.31. The first-order valence-corrected chi connectivity index (χ1v) is 9.42. The number of aromatic amines is 1. The van der Waals surface area contributed by atoms with E-state index in [9.17, 15) is 5.11 Å². The molecule has 1 unspecified atom stereocenters. The van der Waals surface area contributed by atoms with Crippen LogP contribution in [-0.4, -0.2) is 34.2 Å². The molecule has 2 aliphatic rings. The molecule has 0 bridgehead atoms. The number of aryl methyl sites for hydroxylation is 1. The highest BCUT2D eigenvalue weighted by Crippen LogP contribution is 2.43. The van der Waals surface area contributed by atoms with Crippen LogP contribution in [0.15, 0.2) is 48.5 Å². The Morgan fingerprint density at radius 2 is 1.72 bits per heavy atom. The number of nitrogens with one attached hydrogen (secondary N) is 1. The van der Waals surface area contributed by atoms with E-state index in [0.717, 1.165) is 32.4 Å². The van der Waals surface area contributed by atoms with Crippen LogP contribution in [0.5, 0.6) is 0 Å². The molecule has 0 amide bonds. The Kier molecular flexibility index (Phi) is 3.65. The number of H-pyrrole nitrogens is 1. The number of nitrogens with zero attached hydrogens (tertiary/aromatic N) is 1.